The zero-order valence-corrected chi connectivity index (χ0v) is 17.7. The maximum absolute atomic E-state index is 13.4. The van der Waals surface area contributed by atoms with E-state index < -0.39 is 16.7 Å². The molecule has 1 aromatic rings. The van der Waals surface area contributed by atoms with Crippen LogP contribution >= 0.6 is 11.8 Å². The first-order valence-corrected chi connectivity index (χ1v) is 10.8. The number of rotatable bonds is 3. The summed E-state index contributed by atoms with van der Waals surface area (Å²) in [7, 11) is 0. The Kier molecular flexibility index (Phi) is 4.88. The smallest absolute Gasteiger partial charge is 0.304 e. The van der Waals surface area contributed by atoms with Gasteiger partial charge in [-0.3, -0.25) is 9.59 Å². The standard InChI is InChI=1S/C22H28O5S/c1-14(23)25-22(28-15-8-6-5-7-9-15)12-16-19-17(26-20(2,3)27-19)10-11-21(16,4)13-18(22)24/h5-9,16-17,19H,10-13H2,1-4H3/t16-,17+,19-,21+,22?/m1/s1. The fourth-order valence-electron chi connectivity index (χ4n) is 5.10. The van der Waals surface area contributed by atoms with Crippen LogP contribution in [0, 0.1) is 11.3 Å². The molecule has 1 aliphatic heterocycles. The number of benzene rings is 1. The summed E-state index contributed by atoms with van der Waals surface area (Å²) in [4.78, 5) is 25.0. The molecule has 3 aliphatic rings. The molecule has 6 heteroatoms. The molecule has 1 saturated heterocycles. The third-order valence-corrected chi connectivity index (χ3v) is 7.64. The minimum absolute atomic E-state index is 0.00747. The van der Waals surface area contributed by atoms with E-state index in [0.717, 1.165) is 17.7 Å². The van der Waals surface area contributed by atoms with Gasteiger partial charge in [0.25, 0.3) is 0 Å². The number of carbonyl (C=O) groups excluding carboxylic acids is 2. The molecule has 0 N–H and O–H groups in total. The molecule has 0 radical (unpaired) electrons. The summed E-state index contributed by atoms with van der Waals surface area (Å²) in [5.74, 6) is -0.983. The highest BCUT2D eigenvalue weighted by Crippen LogP contribution is 2.59. The van der Waals surface area contributed by atoms with Crippen molar-refractivity contribution in [1.29, 1.82) is 0 Å². The Labute approximate surface area is 170 Å². The van der Waals surface area contributed by atoms with Crippen LogP contribution in [0.5, 0.6) is 0 Å². The number of hydrogen-bond acceptors (Lipinski definition) is 6. The highest BCUT2D eigenvalue weighted by Gasteiger charge is 2.62. The van der Waals surface area contributed by atoms with Crippen LogP contribution in [0.1, 0.15) is 53.4 Å². The Bertz CT molecular complexity index is 778. The highest BCUT2D eigenvalue weighted by molar-refractivity contribution is 8.01. The Morgan fingerprint density at radius 3 is 2.57 bits per heavy atom. The van der Waals surface area contributed by atoms with Crippen LogP contribution in [-0.2, 0) is 23.8 Å². The summed E-state index contributed by atoms with van der Waals surface area (Å²) in [6.07, 6.45) is 2.57. The van der Waals surface area contributed by atoms with Crippen molar-refractivity contribution < 1.29 is 23.8 Å². The van der Waals surface area contributed by atoms with E-state index in [0.29, 0.717) is 12.8 Å². The zero-order valence-electron chi connectivity index (χ0n) is 16.9. The van der Waals surface area contributed by atoms with Gasteiger partial charge in [-0.2, -0.15) is 0 Å². The highest BCUT2D eigenvalue weighted by atomic mass is 32.2. The van der Waals surface area contributed by atoms with Crippen LogP contribution in [0.25, 0.3) is 0 Å². The molecule has 28 heavy (non-hydrogen) atoms. The van der Waals surface area contributed by atoms with Crippen LogP contribution in [0.3, 0.4) is 0 Å². The molecule has 5 nitrogen and oxygen atoms in total. The van der Waals surface area contributed by atoms with E-state index >= 15 is 0 Å². The normalized spacial score (nSPS) is 39.1. The number of esters is 1. The van der Waals surface area contributed by atoms with Crippen LogP contribution in [0.2, 0.25) is 0 Å². The lowest BCUT2D eigenvalue weighted by Crippen LogP contribution is -2.58. The van der Waals surface area contributed by atoms with Gasteiger partial charge in [-0.1, -0.05) is 36.9 Å². The fourth-order valence-corrected chi connectivity index (χ4v) is 6.38. The molecular formula is C22H28O5S. The maximum atomic E-state index is 13.4. The van der Waals surface area contributed by atoms with E-state index in [1.807, 2.05) is 44.2 Å². The largest absolute Gasteiger partial charge is 0.440 e. The molecule has 0 aromatic heterocycles. The van der Waals surface area contributed by atoms with Crippen molar-refractivity contribution in [1.82, 2.24) is 0 Å². The zero-order chi connectivity index (χ0) is 20.2. The van der Waals surface area contributed by atoms with E-state index in [1.54, 1.807) is 0 Å². The average molecular weight is 405 g/mol. The van der Waals surface area contributed by atoms with E-state index in [2.05, 4.69) is 6.92 Å². The summed E-state index contributed by atoms with van der Waals surface area (Å²) in [6.45, 7) is 7.42. The predicted molar refractivity (Wildman–Crippen MR) is 106 cm³/mol. The number of ketones is 1. The summed E-state index contributed by atoms with van der Waals surface area (Å²) in [5, 5.41) is 0. The van der Waals surface area contributed by atoms with Crippen LogP contribution in [0.4, 0.5) is 0 Å². The molecule has 2 saturated carbocycles. The number of carbonyl (C=O) groups is 2. The second-order valence-corrected chi connectivity index (χ2v) is 10.3. The Balaban J connectivity index is 1.69. The monoisotopic (exact) mass is 404 g/mol. The second kappa shape index (κ2) is 6.85. The topological polar surface area (TPSA) is 61.8 Å². The predicted octanol–water partition coefficient (Wildman–Crippen LogP) is 4.34. The van der Waals surface area contributed by atoms with Gasteiger partial charge >= 0.3 is 5.97 Å². The third-order valence-electron chi connectivity index (χ3n) is 6.33. The lowest BCUT2D eigenvalue weighted by molar-refractivity contribution is -0.175. The molecule has 0 bridgehead atoms. The minimum Gasteiger partial charge on any atom is -0.440 e. The summed E-state index contributed by atoms with van der Waals surface area (Å²) in [6, 6.07) is 9.67. The van der Waals surface area contributed by atoms with Crippen molar-refractivity contribution in [2.24, 2.45) is 11.3 Å². The molecule has 0 spiro atoms. The third kappa shape index (κ3) is 3.51. The fraction of sp³-hybridized carbons (Fsp3) is 0.636. The molecule has 1 unspecified atom stereocenters. The van der Waals surface area contributed by atoms with Gasteiger partial charge in [-0.25, -0.2) is 0 Å². The minimum atomic E-state index is -1.21. The molecule has 1 aromatic carbocycles. The van der Waals surface area contributed by atoms with Gasteiger partial charge < -0.3 is 14.2 Å². The molecule has 0 amide bonds. The average Bonchev–Trinajstić information content (AvgIpc) is 2.92. The van der Waals surface area contributed by atoms with Crippen molar-refractivity contribution in [2.75, 3.05) is 0 Å². The van der Waals surface area contributed by atoms with Crippen molar-refractivity contribution in [3.63, 3.8) is 0 Å². The number of fused-ring (bicyclic) bond motifs is 3. The first kappa shape index (κ1) is 19.9. The maximum Gasteiger partial charge on any atom is 0.304 e. The van der Waals surface area contributed by atoms with Crippen molar-refractivity contribution in [2.45, 2.75) is 81.2 Å². The van der Waals surface area contributed by atoms with Crippen molar-refractivity contribution in [3.8, 4) is 0 Å². The molecule has 152 valence electrons. The van der Waals surface area contributed by atoms with Crippen LogP contribution < -0.4 is 0 Å². The Morgan fingerprint density at radius 2 is 1.89 bits per heavy atom. The van der Waals surface area contributed by atoms with Gasteiger partial charge in [0, 0.05) is 24.7 Å². The van der Waals surface area contributed by atoms with Gasteiger partial charge in [0.2, 0.25) is 4.93 Å². The van der Waals surface area contributed by atoms with Gasteiger partial charge in [-0.15, -0.1) is 0 Å². The number of ether oxygens (including phenoxy) is 3. The van der Waals surface area contributed by atoms with Crippen molar-refractivity contribution in [3.05, 3.63) is 30.3 Å². The van der Waals surface area contributed by atoms with E-state index in [-0.39, 0.29) is 29.3 Å². The first-order valence-electron chi connectivity index (χ1n) is 9.95. The summed E-state index contributed by atoms with van der Waals surface area (Å²) in [5.41, 5.74) is -0.164. The molecule has 2 aliphatic carbocycles. The SMILES string of the molecule is CC(=O)OC1(Sc2ccccc2)C[C@@H]2[C@H]3OC(C)(C)O[C@H]3CC[C@@]2(C)CC1=O. The lowest BCUT2D eigenvalue weighted by Gasteiger charge is -2.52. The quantitative estimate of drug-likeness (QED) is 0.552. The molecule has 5 atom stereocenters. The Hall–Kier alpha value is -1.37. The van der Waals surface area contributed by atoms with Gasteiger partial charge in [-0.05, 0) is 50.2 Å². The number of thioether (sulfide) groups is 1. The molecule has 1 heterocycles. The van der Waals surface area contributed by atoms with Crippen LogP contribution in [-0.4, -0.2) is 34.7 Å². The summed E-state index contributed by atoms with van der Waals surface area (Å²) >= 11 is 1.35. The Morgan fingerprint density at radius 1 is 1.18 bits per heavy atom. The summed E-state index contributed by atoms with van der Waals surface area (Å²) < 4.78 is 18.2. The van der Waals surface area contributed by atoms with Gasteiger partial charge in [0.1, 0.15) is 0 Å². The second-order valence-electron chi connectivity index (χ2n) is 9.00. The lowest BCUT2D eigenvalue weighted by atomic mass is 9.57. The van der Waals surface area contributed by atoms with E-state index in [9.17, 15) is 9.59 Å². The number of hydrogen-bond donors (Lipinski definition) is 0. The van der Waals surface area contributed by atoms with Crippen molar-refractivity contribution >= 4 is 23.5 Å². The van der Waals surface area contributed by atoms with Gasteiger partial charge in [0.15, 0.2) is 11.6 Å². The first-order chi connectivity index (χ1) is 13.1. The van der Waals surface area contributed by atoms with E-state index in [1.165, 1.54) is 18.7 Å². The molecule has 4 rings (SSSR count). The van der Waals surface area contributed by atoms with Crippen LogP contribution in [0.15, 0.2) is 35.2 Å². The molecule has 3 fully saturated rings. The van der Waals surface area contributed by atoms with E-state index in [4.69, 9.17) is 14.2 Å². The molecular weight excluding hydrogens is 376 g/mol. The van der Waals surface area contributed by atoms with Gasteiger partial charge in [0.05, 0.1) is 12.2 Å². The number of Topliss-reactive ketones (excluding diaryl/α,β-unsaturated/α-hetero) is 1.